The predicted octanol–water partition coefficient (Wildman–Crippen LogP) is 6.35. The first-order valence-corrected chi connectivity index (χ1v) is 14.2. The van der Waals surface area contributed by atoms with Crippen LogP contribution in [0.3, 0.4) is 0 Å². The van der Waals surface area contributed by atoms with E-state index in [-0.39, 0.29) is 18.6 Å². The number of para-hydroxylation sites is 1. The minimum absolute atomic E-state index is 0.00175. The van der Waals surface area contributed by atoms with Crippen LogP contribution in [0.5, 0.6) is 17.2 Å². The van der Waals surface area contributed by atoms with Gasteiger partial charge >= 0.3 is 0 Å². The number of likely N-dealkylation sites (tertiary alicyclic amines) is 1. The molecule has 0 radical (unpaired) electrons. The number of nitrogens with zero attached hydrogens (tertiary/aromatic N) is 2. The van der Waals surface area contributed by atoms with Crippen molar-refractivity contribution in [2.45, 2.75) is 38.6 Å². The van der Waals surface area contributed by atoms with E-state index in [1.807, 2.05) is 89.8 Å². The summed E-state index contributed by atoms with van der Waals surface area (Å²) < 4.78 is 17.6. The molecule has 0 atom stereocenters. The zero-order chi connectivity index (χ0) is 28.3. The molecule has 0 spiro atoms. The third-order valence-electron chi connectivity index (χ3n) is 7.49. The van der Waals surface area contributed by atoms with E-state index in [4.69, 9.17) is 14.2 Å². The molecule has 1 aliphatic rings. The number of hydrogen-bond acceptors (Lipinski definition) is 5. The van der Waals surface area contributed by atoms with Crippen LogP contribution in [-0.2, 0) is 24.5 Å². The fourth-order valence-corrected chi connectivity index (χ4v) is 5.26. The zero-order valence-corrected chi connectivity index (χ0v) is 23.7. The molecule has 1 fully saturated rings. The average molecular weight is 551 g/mol. The van der Waals surface area contributed by atoms with Crippen LogP contribution in [0.25, 0.3) is 0 Å². The molecular weight excluding hydrogens is 512 g/mol. The lowest BCUT2D eigenvalue weighted by Gasteiger charge is -2.38. The van der Waals surface area contributed by atoms with E-state index in [1.54, 1.807) is 7.11 Å². The Bertz CT molecular complexity index is 1360. The van der Waals surface area contributed by atoms with Crippen LogP contribution in [-0.4, -0.2) is 48.6 Å². The largest absolute Gasteiger partial charge is 0.493 e. The monoisotopic (exact) mass is 550 g/mol. The number of piperidine rings is 1. The molecular formula is C35H38N2O4. The van der Waals surface area contributed by atoms with Gasteiger partial charge in [0.15, 0.2) is 18.1 Å². The highest BCUT2D eigenvalue weighted by molar-refractivity contribution is 5.78. The number of carbonyl (C=O) groups is 1. The van der Waals surface area contributed by atoms with E-state index in [0.717, 1.165) is 43.6 Å². The van der Waals surface area contributed by atoms with Crippen LogP contribution < -0.4 is 14.2 Å². The van der Waals surface area contributed by atoms with Crippen molar-refractivity contribution in [1.29, 1.82) is 0 Å². The number of carbonyl (C=O) groups excluding carboxylic acids is 1. The first-order valence-electron chi connectivity index (χ1n) is 14.2. The summed E-state index contributed by atoms with van der Waals surface area (Å²) in [5, 5.41) is 0. The van der Waals surface area contributed by atoms with E-state index in [0.29, 0.717) is 30.4 Å². The van der Waals surface area contributed by atoms with Crippen molar-refractivity contribution in [2.24, 2.45) is 0 Å². The van der Waals surface area contributed by atoms with Crippen molar-refractivity contribution < 1.29 is 19.0 Å². The Morgan fingerprint density at radius 3 is 2.05 bits per heavy atom. The van der Waals surface area contributed by atoms with Gasteiger partial charge in [-0.05, 0) is 53.8 Å². The topological polar surface area (TPSA) is 51.2 Å². The number of benzene rings is 4. The SMILES string of the molecule is COc1ccc(CN(C(=O)COc2ccccc2)C2CCN(Cc3ccccc3)CC2)cc1OCc1ccccc1. The van der Waals surface area contributed by atoms with Crippen LogP contribution in [0.4, 0.5) is 0 Å². The fraction of sp³-hybridized carbons (Fsp3) is 0.286. The van der Waals surface area contributed by atoms with Gasteiger partial charge in [0.05, 0.1) is 7.11 Å². The molecule has 0 aliphatic carbocycles. The van der Waals surface area contributed by atoms with Gasteiger partial charge in [-0.15, -0.1) is 0 Å². The molecule has 0 aromatic heterocycles. The van der Waals surface area contributed by atoms with Gasteiger partial charge in [-0.3, -0.25) is 9.69 Å². The standard InChI is InChI=1S/C35H38N2O4/c1-39-33-18-17-30(23-34(33)41-26-29-13-7-3-8-14-29)25-37(35(38)27-40-32-15-9-4-10-16-32)31-19-21-36(22-20-31)24-28-11-5-2-6-12-28/h2-18,23,31H,19-22,24-27H2,1H3. The molecule has 212 valence electrons. The van der Waals surface area contributed by atoms with Crippen molar-refractivity contribution in [1.82, 2.24) is 9.80 Å². The van der Waals surface area contributed by atoms with Crippen molar-refractivity contribution in [2.75, 3.05) is 26.8 Å². The molecule has 1 aliphatic heterocycles. The Morgan fingerprint density at radius 1 is 0.756 bits per heavy atom. The summed E-state index contributed by atoms with van der Waals surface area (Å²) in [7, 11) is 1.64. The Morgan fingerprint density at radius 2 is 1.39 bits per heavy atom. The lowest BCUT2D eigenvalue weighted by atomic mass is 10.0. The van der Waals surface area contributed by atoms with E-state index < -0.39 is 0 Å². The van der Waals surface area contributed by atoms with Crippen LogP contribution in [0.2, 0.25) is 0 Å². The quantitative estimate of drug-likeness (QED) is 0.206. The summed E-state index contributed by atoms with van der Waals surface area (Å²) >= 11 is 0. The minimum atomic E-state index is -0.0158. The fourth-order valence-electron chi connectivity index (χ4n) is 5.26. The molecule has 0 bridgehead atoms. The van der Waals surface area contributed by atoms with E-state index in [2.05, 4.69) is 29.2 Å². The Labute approximate surface area is 243 Å². The van der Waals surface area contributed by atoms with Crippen LogP contribution in [0.1, 0.15) is 29.5 Å². The van der Waals surface area contributed by atoms with Crippen molar-refractivity contribution >= 4 is 5.91 Å². The summed E-state index contributed by atoms with van der Waals surface area (Å²) in [5.41, 5.74) is 3.39. The molecule has 0 saturated carbocycles. The number of methoxy groups -OCH3 is 1. The summed E-state index contributed by atoms with van der Waals surface area (Å²) in [4.78, 5) is 18.1. The van der Waals surface area contributed by atoms with Gasteiger partial charge in [-0.2, -0.15) is 0 Å². The maximum atomic E-state index is 13.6. The molecule has 6 nitrogen and oxygen atoms in total. The second kappa shape index (κ2) is 14.4. The second-order valence-electron chi connectivity index (χ2n) is 10.4. The number of hydrogen-bond donors (Lipinski definition) is 0. The molecule has 1 heterocycles. The molecule has 0 N–H and O–H groups in total. The number of amides is 1. The van der Waals surface area contributed by atoms with Gasteiger partial charge in [0.2, 0.25) is 0 Å². The van der Waals surface area contributed by atoms with Crippen LogP contribution in [0.15, 0.2) is 109 Å². The number of ether oxygens (including phenoxy) is 3. The molecule has 5 rings (SSSR count). The first kappa shape index (κ1) is 28.2. The van der Waals surface area contributed by atoms with Gasteiger partial charge in [-0.25, -0.2) is 0 Å². The third-order valence-corrected chi connectivity index (χ3v) is 7.49. The van der Waals surface area contributed by atoms with Gasteiger partial charge in [-0.1, -0.05) is 84.9 Å². The molecule has 4 aromatic rings. The highest BCUT2D eigenvalue weighted by atomic mass is 16.5. The summed E-state index contributed by atoms with van der Waals surface area (Å²) in [6.45, 7) is 3.73. The van der Waals surface area contributed by atoms with Crippen molar-refractivity contribution in [3.63, 3.8) is 0 Å². The Kier molecular flexibility index (Phi) is 9.90. The molecule has 1 amide bonds. The van der Waals surface area contributed by atoms with Crippen LogP contribution in [0, 0.1) is 0 Å². The maximum Gasteiger partial charge on any atom is 0.261 e. The molecule has 6 heteroatoms. The van der Waals surface area contributed by atoms with Gasteiger partial charge in [0.25, 0.3) is 5.91 Å². The Hall–Kier alpha value is -4.29. The molecule has 41 heavy (non-hydrogen) atoms. The Balaban J connectivity index is 1.29. The van der Waals surface area contributed by atoms with Gasteiger partial charge in [0.1, 0.15) is 12.4 Å². The van der Waals surface area contributed by atoms with Gasteiger partial charge < -0.3 is 19.1 Å². The van der Waals surface area contributed by atoms with E-state index in [1.165, 1.54) is 5.56 Å². The molecule has 1 saturated heterocycles. The normalized spacial score (nSPS) is 13.9. The summed E-state index contributed by atoms with van der Waals surface area (Å²) in [6, 6.07) is 36.2. The third kappa shape index (κ3) is 8.12. The van der Waals surface area contributed by atoms with E-state index in [9.17, 15) is 4.79 Å². The first-order chi connectivity index (χ1) is 20.2. The number of rotatable bonds is 12. The summed E-state index contributed by atoms with van der Waals surface area (Å²) in [6.07, 6.45) is 1.83. The highest BCUT2D eigenvalue weighted by Crippen LogP contribution is 2.30. The predicted molar refractivity (Wildman–Crippen MR) is 161 cm³/mol. The molecule has 4 aromatic carbocycles. The lowest BCUT2D eigenvalue weighted by molar-refractivity contribution is -0.137. The zero-order valence-electron chi connectivity index (χ0n) is 23.7. The highest BCUT2D eigenvalue weighted by Gasteiger charge is 2.29. The summed E-state index contributed by atoms with van der Waals surface area (Å²) in [5.74, 6) is 2.01. The van der Waals surface area contributed by atoms with Crippen molar-refractivity contribution in [3.05, 3.63) is 126 Å². The second-order valence-corrected chi connectivity index (χ2v) is 10.4. The average Bonchev–Trinajstić information content (AvgIpc) is 3.03. The molecule has 0 unspecified atom stereocenters. The lowest BCUT2D eigenvalue weighted by Crippen LogP contribution is -2.48. The minimum Gasteiger partial charge on any atom is -0.493 e. The maximum absolute atomic E-state index is 13.6. The van der Waals surface area contributed by atoms with Gasteiger partial charge in [0, 0.05) is 32.2 Å². The van der Waals surface area contributed by atoms with Crippen LogP contribution >= 0.6 is 0 Å². The van der Waals surface area contributed by atoms with E-state index >= 15 is 0 Å². The van der Waals surface area contributed by atoms with Crippen molar-refractivity contribution in [3.8, 4) is 17.2 Å². The smallest absolute Gasteiger partial charge is 0.261 e.